The molecule has 0 unspecified atom stereocenters. The second-order valence-electron chi connectivity index (χ2n) is 6.46. The van der Waals surface area contributed by atoms with Crippen LogP contribution in [0.15, 0.2) is 97.7 Å². The van der Waals surface area contributed by atoms with Gasteiger partial charge in [0.05, 0.1) is 4.90 Å². The van der Waals surface area contributed by atoms with Gasteiger partial charge in [-0.25, -0.2) is 12.8 Å². The Morgan fingerprint density at radius 3 is 2.27 bits per heavy atom. The lowest BCUT2D eigenvalue weighted by Gasteiger charge is -2.06. The van der Waals surface area contributed by atoms with Gasteiger partial charge in [0.25, 0.3) is 0 Å². The molecule has 0 amide bonds. The summed E-state index contributed by atoms with van der Waals surface area (Å²) in [4.78, 5) is 4.33. The van der Waals surface area contributed by atoms with Gasteiger partial charge in [0.1, 0.15) is 5.82 Å². The molecule has 0 atom stereocenters. The van der Waals surface area contributed by atoms with E-state index in [9.17, 15) is 12.8 Å². The van der Waals surface area contributed by atoms with Crippen molar-refractivity contribution in [2.75, 3.05) is 5.32 Å². The van der Waals surface area contributed by atoms with Gasteiger partial charge in [-0.05, 0) is 54.1 Å². The number of aromatic nitrogens is 1. The van der Waals surface area contributed by atoms with Crippen LogP contribution in [0.2, 0.25) is 0 Å². The zero-order valence-electron chi connectivity index (χ0n) is 15.5. The van der Waals surface area contributed by atoms with E-state index in [1.165, 1.54) is 36.4 Å². The SMILES string of the molecule is O=S(=O)(c1ccc(Br)cc1)c1nc(-c2ccc(F)cc2)oc1NCc1ccccc1. The molecule has 1 aromatic heterocycles. The Morgan fingerprint density at radius 1 is 0.933 bits per heavy atom. The van der Waals surface area contributed by atoms with E-state index in [-0.39, 0.29) is 21.7 Å². The summed E-state index contributed by atoms with van der Waals surface area (Å²) in [5, 5.41) is 2.80. The minimum atomic E-state index is -3.95. The molecule has 30 heavy (non-hydrogen) atoms. The van der Waals surface area contributed by atoms with Crippen LogP contribution in [0.25, 0.3) is 11.5 Å². The highest BCUT2D eigenvalue weighted by molar-refractivity contribution is 9.10. The molecule has 0 bridgehead atoms. The third-order valence-corrected chi connectivity index (χ3v) is 6.57. The fourth-order valence-electron chi connectivity index (χ4n) is 2.82. The molecule has 4 rings (SSSR count). The maximum atomic E-state index is 13.3. The zero-order valence-corrected chi connectivity index (χ0v) is 18.0. The molecule has 0 radical (unpaired) electrons. The average molecular weight is 487 g/mol. The van der Waals surface area contributed by atoms with E-state index in [0.717, 1.165) is 10.0 Å². The largest absolute Gasteiger partial charge is 0.419 e. The van der Waals surface area contributed by atoms with E-state index in [1.54, 1.807) is 12.1 Å². The maximum Gasteiger partial charge on any atom is 0.234 e. The van der Waals surface area contributed by atoms with Crippen molar-refractivity contribution in [3.8, 4) is 11.5 Å². The number of hydrogen-bond donors (Lipinski definition) is 1. The Balaban J connectivity index is 1.76. The van der Waals surface area contributed by atoms with Crippen LogP contribution < -0.4 is 5.32 Å². The standard InChI is InChI=1S/C22H16BrFN2O3S/c23-17-8-12-19(13-9-17)30(27,28)22-21(25-14-15-4-2-1-3-5-15)29-20(26-22)16-6-10-18(24)11-7-16/h1-13,25H,14H2. The van der Waals surface area contributed by atoms with E-state index < -0.39 is 15.7 Å². The molecule has 1 heterocycles. The third-order valence-electron chi connectivity index (χ3n) is 4.36. The quantitative estimate of drug-likeness (QED) is 0.379. The average Bonchev–Trinajstić information content (AvgIpc) is 3.19. The summed E-state index contributed by atoms with van der Waals surface area (Å²) in [5.41, 5.74) is 1.42. The zero-order chi connectivity index (χ0) is 21.1. The Labute approximate surface area is 181 Å². The molecule has 0 aliphatic rings. The second kappa shape index (κ2) is 8.41. The molecule has 0 saturated carbocycles. The van der Waals surface area contributed by atoms with Gasteiger partial charge < -0.3 is 9.73 Å². The fourth-order valence-corrected chi connectivity index (χ4v) is 4.36. The minimum absolute atomic E-state index is 0.0288. The first kappa shape index (κ1) is 20.3. The van der Waals surface area contributed by atoms with E-state index in [4.69, 9.17) is 4.42 Å². The highest BCUT2D eigenvalue weighted by Crippen LogP contribution is 2.33. The number of rotatable bonds is 6. The number of benzene rings is 3. The predicted molar refractivity (Wildman–Crippen MR) is 115 cm³/mol. The number of anilines is 1. The normalized spacial score (nSPS) is 11.4. The smallest absolute Gasteiger partial charge is 0.234 e. The number of halogens is 2. The van der Waals surface area contributed by atoms with Crippen molar-refractivity contribution in [2.45, 2.75) is 16.5 Å². The number of sulfone groups is 1. The van der Waals surface area contributed by atoms with Crippen molar-refractivity contribution in [3.05, 3.63) is 94.7 Å². The summed E-state index contributed by atoms with van der Waals surface area (Å²) in [7, 11) is -3.95. The first-order valence-corrected chi connectivity index (χ1v) is 11.3. The van der Waals surface area contributed by atoms with Gasteiger partial charge in [-0.2, -0.15) is 4.98 Å². The number of nitrogens with zero attached hydrogens (tertiary/aromatic N) is 1. The molecule has 3 aromatic carbocycles. The lowest BCUT2D eigenvalue weighted by atomic mass is 10.2. The molecule has 4 aromatic rings. The molecule has 0 spiro atoms. The second-order valence-corrected chi connectivity index (χ2v) is 9.24. The van der Waals surface area contributed by atoms with Crippen molar-refractivity contribution in [2.24, 2.45) is 0 Å². The van der Waals surface area contributed by atoms with Crippen LogP contribution in [0.3, 0.4) is 0 Å². The van der Waals surface area contributed by atoms with E-state index >= 15 is 0 Å². The van der Waals surface area contributed by atoms with Crippen molar-refractivity contribution in [1.82, 2.24) is 4.98 Å². The van der Waals surface area contributed by atoms with Crippen LogP contribution in [0.1, 0.15) is 5.56 Å². The van der Waals surface area contributed by atoms with Gasteiger partial charge in [0.2, 0.25) is 26.6 Å². The molecule has 0 fully saturated rings. The Bertz CT molecular complexity index is 1260. The lowest BCUT2D eigenvalue weighted by Crippen LogP contribution is -2.07. The number of oxazole rings is 1. The van der Waals surface area contributed by atoms with Gasteiger partial charge >= 0.3 is 0 Å². The maximum absolute atomic E-state index is 13.3. The van der Waals surface area contributed by atoms with Crippen LogP contribution in [0.5, 0.6) is 0 Å². The minimum Gasteiger partial charge on any atom is -0.419 e. The summed E-state index contributed by atoms with van der Waals surface area (Å²) in [6, 6.07) is 21.3. The molecular formula is C22H16BrFN2O3S. The predicted octanol–water partition coefficient (Wildman–Crippen LogP) is 5.69. The van der Waals surface area contributed by atoms with E-state index in [0.29, 0.717) is 12.1 Å². The van der Waals surface area contributed by atoms with Gasteiger partial charge in [0, 0.05) is 16.6 Å². The van der Waals surface area contributed by atoms with Crippen LogP contribution in [0.4, 0.5) is 10.3 Å². The van der Waals surface area contributed by atoms with Crippen LogP contribution in [-0.2, 0) is 16.4 Å². The molecule has 0 aliphatic heterocycles. The van der Waals surface area contributed by atoms with Gasteiger partial charge in [-0.15, -0.1) is 0 Å². The highest BCUT2D eigenvalue weighted by atomic mass is 79.9. The highest BCUT2D eigenvalue weighted by Gasteiger charge is 2.28. The molecule has 0 aliphatic carbocycles. The fraction of sp³-hybridized carbons (Fsp3) is 0.0455. The number of nitrogens with one attached hydrogen (secondary N) is 1. The van der Waals surface area contributed by atoms with Crippen molar-refractivity contribution >= 4 is 31.7 Å². The summed E-state index contributed by atoms with van der Waals surface area (Å²) >= 11 is 3.30. The van der Waals surface area contributed by atoms with E-state index in [2.05, 4.69) is 26.2 Å². The van der Waals surface area contributed by atoms with Crippen molar-refractivity contribution < 1.29 is 17.2 Å². The lowest BCUT2D eigenvalue weighted by molar-refractivity contribution is 0.576. The summed E-state index contributed by atoms with van der Waals surface area (Å²) in [6.07, 6.45) is 0. The Hall–Kier alpha value is -2.97. The van der Waals surface area contributed by atoms with Gasteiger partial charge in [-0.3, -0.25) is 0 Å². The van der Waals surface area contributed by atoms with Crippen LogP contribution >= 0.6 is 15.9 Å². The monoisotopic (exact) mass is 486 g/mol. The molecule has 5 nitrogen and oxygen atoms in total. The van der Waals surface area contributed by atoms with Crippen LogP contribution in [-0.4, -0.2) is 13.4 Å². The Morgan fingerprint density at radius 2 is 1.60 bits per heavy atom. The first-order chi connectivity index (χ1) is 14.4. The topological polar surface area (TPSA) is 72.2 Å². The number of hydrogen-bond acceptors (Lipinski definition) is 5. The Kier molecular flexibility index (Phi) is 5.69. The molecule has 0 saturated heterocycles. The van der Waals surface area contributed by atoms with E-state index in [1.807, 2.05) is 30.3 Å². The van der Waals surface area contributed by atoms with Crippen LogP contribution in [0, 0.1) is 5.82 Å². The first-order valence-electron chi connectivity index (χ1n) is 8.99. The van der Waals surface area contributed by atoms with Gasteiger partial charge in [0.15, 0.2) is 0 Å². The summed E-state index contributed by atoms with van der Waals surface area (Å²) in [6.45, 7) is 0.349. The molecule has 1 N–H and O–H groups in total. The van der Waals surface area contributed by atoms with Gasteiger partial charge in [-0.1, -0.05) is 46.3 Å². The summed E-state index contributed by atoms with van der Waals surface area (Å²) < 4.78 is 46.3. The molecular weight excluding hydrogens is 471 g/mol. The van der Waals surface area contributed by atoms with Crippen molar-refractivity contribution in [1.29, 1.82) is 0 Å². The third kappa shape index (κ3) is 4.29. The van der Waals surface area contributed by atoms with Crippen molar-refractivity contribution in [3.63, 3.8) is 0 Å². The summed E-state index contributed by atoms with van der Waals surface area (Å²) in [5.74, 6) is -0.294. The molecule has 152 valence electrons. The molecule has 8 heteroatoms.